The van der Waals surface area contributed by atoms with Gasteiger partial charge >= 0.3 is 5.97 Å². The summed E-state index contributed by atoms with van der Waals surface area (Å²) in [5, 5.41) is 10.3. The molecule has 3 aromatic rings. The lowest BCUT2D eigenvalue weighted by atomic mass is 9.89. The highest BCUT2D eigenvalue weighted by molar-refractivity contribution is 6.35. The van der Waals surface area contributed by atoms with Crippen LogP contribution in [0.25, 0.3) is 11.1 Å². The second kappa shape index (κ2) is 9.75. The van der Waals surface area contributed by atoms with Crippen molar-refractivity contribution in [2.75, 3.05) is 13.7 Å². The van der Waals surface area contributed by atoms with Gasteiger partial charge in [-0.05, 0) is 76.9 Å². The zero-order valence-corrected chi connectivity index (χ0v) is 21.1. The van der Waals surface area contributed by atoms with Gasteiger partial charge in [-0.1, -0.05) is 41.4 Å². The van der Waals surface area contributed by atoms with Gasteiger partial charge in [-0.25, -0.2) is 4.39 Å². The summed E-state index contributed by atoms with van der Waals surface area (Å²) >= 11 is 12.4. The normalized spacial score (nSPS) is 18.5. The van der Waals surface area contributed by atoms with Crippen molar-refractivity contribution in [3.8, 4) is 16.9 Å². The molecular formula is C28H24Cl2FNO4. The maximum Gasteiger partial charge on any atom is 0.307 e. The molecule has 1 aliphatic carbocycles. The summed E-state index contributed by atoms with van der Waals surface area (Å²) in [6.45, 7) is 0.700. The first-order valence-corrected chi connectivity index (χ1v) is 12.5. The Labute approximate surface area is 218 Å². The number of amides is 1. The van der Waals surface area contributed by atoms with Crippen molar-refractivity contribution in [2.45, 2.75) is 31.7 Å². The highest BCUT2D eigenvalue weighted by atomic mass is 35.5. The van der Waals surface area contributed by atoms with Crippen molar-refractivity contribution < 1.29 is 23.8 Å². The van der Waals surface area contributed by atoms with Crippen LogP contribution in [0.4, 0.5) is 4.39 Å². The Morgan fingerprint density at radius 1 is 1.08 bits per heavy atom. The number of carbonyl (C=O) groups is 2. The first kappa shape index (κ1) is 24.6. The predicted octanol–water partition coefficient (Wildman–Crippen LogP) is 6.12. The minimum atomic E-state index is -0.941. The predicted molar refractivity (Wildman–Crippen MR) is 136 cm³/mol. The lowest BCUT2D eigenvalue weighted by Crippen LogP contribution is -2.37. The van der Waals surface area contributed by atoms with E-state index in [-0.39, 0.29) is 36.5 Å². The van der Waals surface area contributed by atoms with Crippen LogP contribution in [0.1, 0.15) is 34.6 Å². The molecule has 0 aromatic heterocycles. The third-order valence-electron chi connectivity index (χ3n) is 7.05. The number of fused-ring (bicyclic) bond motifs is 1. The molecule has 2 atom stereocenters. The molecular weight excluding hydrogens is 504 g/mol. The van der Waals surface area contributed by atoms with Crippen molar-refractivity contribution in [3.05, 3.63) is 86.6 Å². The van der Waals surface area contributed by atoms with E-state index in [1.165, 1.54) is 13.2 Å². The second-order valence-corrected chi connectivity index (χ2v) is 10.1. The standard InChI is InChI=1S/C28H24Cl2FNO4/c1-36-26-7-2-15(11-27(33)34)10-21(26)17-5-6-25(31)19-8-9-32(14-23(17)19)28(35)22-13-20(22)18-4-3-16(29)12-24(18)30/h2-7,10,12,20,22H,8-9,11,13-14H2,1H3,(H,33,34)/t20-,22+/m0/s1. The van der Waals surface area contributed by atoms with Crippen LogP contribution in [0, 0.1) is 11.7 Å². The Kier molecular flexibility index (Phi) is 6.66. The van der Waals surface area contributed by atoms with E-state index in [1.807, 2.05) is 6.07 Å². The summed E-state index contributed by atoms with van der Waals surface area (Å²) in [6.07, 6.45) is 0.975. The van der Waals surface area contributed by atoms with E-state index in [2.05, 4.69) is 0 Å². The number of carboxylic acids is 1. The van der Waals surface area contributed by atoms with Crippen LogP contribution in [0.15, 0.2) is 48.5 Å². The number of methoxy groups -OCH3 is 1. The van der Waals surface area contributed by atoms with E-state index < -0.39 is 5.97 Å². The zero-order valence-electron chi connectivity index (χ0n) is 19.6. The SMILES string of the molecule is COc1ccc(CC(=O)O)cc1-c1ccc(F)c2c1CN(C(=O)[C@@H]1C[C@H]1c1ccc(Cl)cc1Cl)CC2. The number of hydrogen-bond acceptors (Lipinski definition) is 3. The number of rotatable bonds is 6. The molecule has 1 amide bonds. The molecule has 0 saturated heterocycles. The highest BCUT2D eigenvalue weighted by Crippen LogP contribution is 2.51. The first-order chi connectivity index (χ1) is 17.3. The molecule has 36 heavy (non-hydrogen) atoms. The minimum absolute atomic E-state index is 0.0264. The van der Waals surface area contributed by atoms with Crippen molar-refractivity contribution >= 4 is 35.1 Å². The number of nitrogens with zero attached hydrogens (tertiary/aromatic N) is 1. The molecule has 8 heteroatoms. The van der Waals surface area contributed by atoms with E-state index in [9.17, 15) is 19.1 Å². The van der Waals surface area contributed by atoms with Crippen LogP contribution in [0.3, 0.4) is 0 Å². The summed E-state index contributed by atoms with van der Waals surface area (Å²) in [5.41, 5.74) is 4.25. The van der Waals surface area contributed by atoms with Crippen molar-refractivity contribution in [2.24, 2.45) is 5.92 Å². The molecule has 3 aromatic carbocycles. The van der Waals surface area contributed by atoms with E-state index in [1.54, 1.807) is 41.3 Å². The minimum Gasteiger partial charge on any atom is -0.496 e. The van der Waals surface area contributed by atoms with Crippen molar-refractivity contribution in [1.29, 1.82) is 0 Å². The van der Waals surface area contributed by atoms with Gasteiger partial charge in [0.1, 0.15) is 11.6 Å². The van der Waals surface area contributed by atoms with Crippen molar-refractivity contribution in [3.63, 3.8) is 0 Å². The molecule has 1 heterocycles. The molecule has 0 bridgehead atoms. The van der Waals surface area contributed by atoms with Crippen LogP contribution in [-0.2, 0) is 29.0 Å². The van der Waals surface area contributed by atoms with Gasteiger partial charge in [0.05, 0.1) is 13.5 Å². The van der Waals surface area contributed by atoms with Crippen LogP contribution in [0.2, 0.25) is 10.0 Å². The van der Waals surface area contributed by atoms with E-state index in [0.717, 1.165) is 16.7 Å². The maximum atomic E-state index is 14.8. The number of hydrogen-bond donors (Lipinski definition) is 1. The fraction of sp³-hybridized carbons (Fsp3) is 0.286. The summed E-state index contributed by atoms with van der Waals surface area (Å²) in [7, 11) is 1.54. The van der Waals surface area contributed by atoms with Gasteiger partial charge < -0.3 is 14.7 Å². The molecule has 0 radical (unpaired) electrons. The summed E-state index contributed by atoms with van der Waals surface area (Å²) < 4.78 is 20.4. The van der Waals surface area contributed by atoms with Gasteiger partial charge in [0, 0.05) is 34.6 Å². The number of carbonyl (C=O) groups excluding carboxylic acids is 1. The van der Waals surface area contributed by atoms with Crippen LogP contribution in [-0.4, -0.2) is 35.5 Å². The Hall–Kier alpha value is -3.09. The van der Waals surface area contributed by atoms with Gasteiger partial charge in [0.15, 0.2) is 0 Å². The third-order valence-corrected chi connectivity index (χ3v) is 7.61. The van der Waals surface area contributed by atoms with Gasteiger partial charge in [-0.2, -0.15) is 0 Å². The molecule has 2 aliphatic rings. The molecule has 5 rings (SSSR count). The van der Waals surface area contributed by atoms with E-state index in [4.69, 9.17) is 27.9 Å². The highest BCUT2D eigenvalue weighted by Gasteiger charge is 2.47. The quantitative estimate of drug-likeness (QED) is 0.419. The number of halogens is 3. The van der Waals surface area contributed by atoms with Crippen LogP contribution >= 0.6 is 23.2 Å². The summed E-state index contributed by atoms with van der Waals surface area (Å²) in [4.78, 5) is 26.5. The van der Waals surface area contributed by atoms with E-state index in [0.29, 0.717) is 51.9 Å². The number of aliphatic carboxylic acids is 1. The average Bonchev–Trinajstić information content (AvgIpc) is 3.64. The molecule has 0 spiro atoms. The van der Waals surface area contributed by atoms with Gasteiger partial charge in [0.25, 0.3) is 0 Å². The zero-order chi connectivity index (χ0) is 25.6. The second-order valence-electron chi connectivity index (χ2n) is 9.28. The average molecular weight is 528 g/mol. The number of ether oxygens (including phenoxy) is 1. The first-order valence-electron chi connectivity index (χ1n) is 11.7. The number of benzene rings is 3. The van der Waals surface area contributed by atoms with Gasteiger partial charge in [-0.3, -0.25) is 9.59 Å². The molecule has 186 valence electrons. The van der Waals surface area contributed by atoms with Crippen LogP contribution < -0.4 is 4.74 Å². The largest absolute Gasteiger partial charge is 0.496 e. The lowest BCUT2D eigenvalue weighted by molar-refractivity contribution is -0.136. The Balaban J connectivity index is 1.45. The lowest BCUT2D eigenvalue weighted by Gasteiger charge is -2.31. The fourth-order valence-electron chi connectivity index (χ4n) is 5.17. The smallest absolute Gasteiger partial charge is 0.307 e. The molecule has 0 unspecified atom stereocenters. The molecule has 5 nitrogen and oxygen atoms in total. The number of carboxylic acid groups (broad SMARTS) is 1. The Morgan fingerprint density at radius 3 is 2.61 bits per heavy atom. The van der Waals surface area contributed by atoms with Gasteiger partial charge in [-0.15, -0.1) is 0 Å². The molecule has 1 fully saturated rings. The topological polar surface area (TPSA) is 66.8 Å². The van der Waals surface area contributed by atoms with Crippen LogP contribution in [0.5, 0.6) is 5.75 Å². The van der Waals surface area contributed by atoms with E-state index >= 15 is 0 Å². The monoisotopic (exact) mass is 527 g/mol. The molecule has 1 N–H and O–H groups in total. The summed E-state index contributed by atoms with van der Waals surface area (Å²) in [5.74, 6) is -0.791. The van der Waals surface area contributed by atoms with Crippen molar-refractivity contribution in [1.82, 2.24) is 4.90 Å². The summed E-state index contributed by atoms with van der Waals surface area (Å²) in [6, 6.07) is 13.6. The molecule has 1 aliphatic heterocycles. The Bertz CT molecular complexity index is 1380. The third kappa shape index (κ3) is 4.67. The maximum absolute atomic E-state index is 14.8. The Morgan fingerprint density at radius 2 is 1.89 bits per heavy atom. The molecule has 1 saturated carbocycles. The van der Waals surface area contributed by atoms with Gasteiger partial charge in [0.2, 0.25) is 5.91 Å². The fourth-order valence-corrected chi connectivity index (χ4v) is 5.72.